The van der Waals surface area contributed by atoms with Crippen LogP contribution in [0.4, 0.5) is 0 Å². The Kier molecular flexibility index (Phi) is 2.87. The first-order valence-electron chi connectivity index (χ1n) is 5.84. The quantitative estimate of drug-likeness (QED) is 0.878. The molecule has 20 heavy (non-hydrogen) atoms. The van der Waals surface area contributed by atoms with E-state index in [1.165, 1.54) is 23.5 Å². The maximum absolute atomic E-state index is 12.3. The van der Waals surface area contributed by atoms with Gasteiger partial charge in [-0.25, -0.2) is 4.79 Å². The summed E-state index contributed by atoms with van der Waals surface area (Å²) in [5.41, 5.74) is 0.501. The fourth-order valence-corrected chi connectivity index (χ4v) is 3.06. The number of thiophene rings is 1. The summed E-state index contributed by atoms with van der Waals surface area (Å²) in [7, 11) is 0. The molecule has 2 heterocycles. The molecule has 0 radical (unpaired) electrons. The molecule has 5 nitrogen and oxygen atoms in total. The summed E-state index contributed by atoms with van der Waals surface area (Å²) < 4.78 is 0. The number of carbonyl (C=O) groups is 3. The van der Waals surface area contributed by atoms with Crippen molar-refractivity contribution in [2.24, 2.45) is 0 Å². The Morgan fingerprint density at radius 3 is 2.10 bits per heavy atom. The van der Waals surface area contributed by atoms with E-state index in [0.717, 1.165) is 4.90 Å². The highest BCUT2D eigenvalue weighted by Gasteiger charge is 2.43. The molecule has 1 aromatic carbocycles. The number of aliphatic carboxylic acids is 1. The Morgan fingerprint density at radius 1 is 1.05 bits per heavy atom. The van der Waals surface area contributed by atoms with Crippen molar-refractivity contribution in [3.8, 4) is 0 Å². The number of hydrogen-bond acceptors (Lipinski definition) is 4. The van der Waals surface area contributed by atoms with Gasteiger partial charge in [0.15, 0.2) is 6.04 Å². The van der Waals surface area contributed by atoms with E-state index in [0.29, 0.717) is 4.88 Å². The zero-order valence-corrected chi connectivity index (χ0v) is 11.0. The van der Waals surface area contributed by atoms with Crippen LogP contribution < -0.4 is 0 Å². The van der Waals surface area contributed by atoms with Crippen LogP contribution in [-0.2, 0) is 4.79 Å². The molecule has 3 rings (SSSR count). The third-order valence-electron chi connectivity index (χ3n) is 3.13. The number of amides is 2. The van der Waals surface area contributed by atoms with Crippen molar-refractivity contribution in [1.82, 2.24) is 4.90 Å². The normalized spacial score (nSPS) is 15.3. The van der Waals surface area contributed by atoms with Crippen LogP contribution in [0, 0.1) is 0 Å². The predicted molar refractivity (Wildman–Crippen MR) is 71.6 cm³/mol. The van der Waals surface area contributed by atoms with E-state index in [1.807, 2.05) is 0 Å². The lowest BCUT2D eigenvalue weighted by molar-refractivity contribution is -0.141. The monoisotopic (exact) mass is 287 g/mol. The van der Waals surface area contributed by atoms with Crippen LogP contribution in [0.25, 0.3) is 0 Å². The van der Waals surface area contributed by atoms with Crippen LogP contribution in [0.3, 0.4) is 0 Å². The Balaban J connectivity index is 2.09. The van der Waals surface area contributed by atoms with E-state index in [9.17, 15) is 19.5 Å². The minimum absolute atomic E-state index is 0.250. The lowest BCUT2D eigenvalue weighted by Crippen LogP contribution is -2.38. The molecule has 1 aliphatic rings. The number of imide groups is 1. The van der Waals surface area contributed by atoms with Crippen molar-refractivity contribution in [1.29, 1.82) is 0 Å². The smallest absolute Gasteiger partial charge is 0.332 e. The van der Waals surface area contributed by atoms with Gasteiger partial charge in [0, 0.05) is 4.88 Å². The molecule has 100 valence electrons. The zero-order valence-electron chi connectivity index (χ0n) is 10.1. The summed E-state index contributed by atoms with van der Waals surface area (Å²) in [5.74, 6) is -2.35. The van der Waals surface area contributed by atoms with Crippen LogP contribution >= 0.6 is 11.3 Å². The molecule has 1 atom stereocenters. The molecule has 0 fully saturated rings. The predicted octanol–water partition coefficient (Wildman–Crippen LogP) is 2.17. The van der Waals surface area contributed by atoms with E-state index in [-0.39, 0.29) is 11.1 Å². The van der Waals surface area contributed by atoms with Crippen molar-refractivity contribution in [2.75, 3.05) is 0 Å². The maximum Gasteiger partial charge on any atom is 0.332 e. The third-order valence-corrected chi connectivity index (χ3v) is 4.06. The minimum atomic E-state index is -1.28. The molecule has 2 amide bonds. The van der Waals surface area contributed by atoms with Crippen LogP contribution in [-0.4, -0.2) is 27.8 Å². The molecular formula is C14H9NO4S. The van der Waals surface area contributed by atoms with Crippen molar-refractivity contribution >= 4 is 29.1 Å². The molecule has 0 aliphatic carbocycles. The lowest BCUT2D eigenvalue weighted by atomic mass is 10.1. The average molecular weight is 287 g/mol. The first kappa shape index (κ1) is 12.6. The SMILES string of the molecule is O=C(O)C(c1cccs1)N1C(=O)c2ccccc2C1=O. The number of nitrogens with zero attached hydrogens (tertiary/aromatic N) is 1. The number of carboxylic acid groups (broad SMARTS) is 1. The van der Waals surface area contributed by atoms with E-state index in [1.54, 1.807) is 29.6 Å². The first-order valence-corrected chi connectivity index (χ1v) is 6.72. The molecule has 1 aromatic heterocycles. The highest BCUT2D eigenvalue weighted by Crippen LogP contribution is 2.33. The van der Waals surface area contributed by atoms with E-state index >= 15 is 0 Å². The van der Waals surface area contributed by atoms with E-state index < -0.39 is 23.8 Å². The lowest BCUT2D eigenvalue weighted by Gasteiger charge is -2.21. The molecule has 0 saturated heterocycles. The van der Waals surface area contributed by atoms with Gasteiger partial charge in [-0.15, -0.1) is 11.3 Å². The molecule has 1 N–H and O–H groups in total. The summed E-state index contributed by atoms with van der Waals surface area (Å²) in [6.07, 6.45) is 0. The third kappa shape index (κ3) is 1.73. The van der Waals surface area contributed by atoms with Crippen LogP contribution in [0.2, 0.25) is 0 Å². The van der Waals surface area contributed by atoms with Crippen LogP contribution in [0.1, 0.15) is 31.6 Å². The Morgan fingerprint density at radius 2 is 1.65 bits per heavy atom. The molecule has 2 aromatic rings. The number of fused-ring (bicyclic) bond motifs is 1. The first-order chi connectivity index (χ1) is 9.61. The van der Waals surface area contributed by atoms with Gasteiger partial charge in [0.25, 0.3) is 11.8 Å². The highest BCUT2D eigenvalue weighted by molar-refractivity contribution is 7.10. The molecule has 1 unspecified atom stereocenters. The summed E-state index contributed by atoms with van der Waals surface area (Å²) >= 11 is 1.20. The molecule has 6 heteroatoms. The van der Waals surface area contributed by atoms with Gasteiger partial charge in [0.05, 0.1) is 11.1 Å². The van der Waals surface area contributed by atoms with E-state index in [2.05, 4.69) is 0 Å². The van der Waals surface area contributed by atoms with Gasteiger partial charge in [-0.2, -0.15) is 0 Å². The van der Waals surface area contributed by atoms with Gasteiger partial charge < -0.3 is 5.11 Å². The molecule has 0 spiro atoms. The summed E-state index contributed by atoms with van der Waals surface area (Å²) in [6, 6.07) is 8.37. The number of rotatable bonds is 3. The van der Waals surface area contributed by atoms with Gasteiger partial charge >= 0.3 is 5.97 Å². The molecular weight excluding hydrogens is 278 g/mol. The van der Waals surface area contributed by atoms with Crippen molar-refractivity contribution in [3.63, 3.8) is 0 Å². The fourth-order valence-electron chi connectivity index (χ4n) is 2.25. The number of carbonyl (C=O) groups excluding carboxylic acids is 2. The number of benzene rings is 1. The molecule has 1 aliphatic heterocycles. The zero-order chi connectivity index (χ0) is 14.3. The standard InChI is InChI=1S/C14H9NO4S/c16-12-8-4-1-2-5-9(8)13(17)15(12)11(14(18)19)10-6-3-7-20-10/h1-7,11H,(H,18,19). The second-order valence-electron chi connectivity index (χ2n) is 4.28. The van der Waals surface area contributed by atoms with Crippen molar-refractivity contribution in [2.45, 2.75) is 6.04 Å². The molecule has 0 bridgehead atoms. The maximum atomic E-state index is 12.3. The van der Waals surface area contributed by atoms with E-state index in [4.69, 9.17) is 0 Å². The van der Waals surface area contributed by atoms with Crippen molar-refractivity contribution < 1.29 is 19.5 Å². The largest absolute Gasteiger partial charge is 0.479 e. The number of carboxylic acids is 1. The van der Waals surface area contributed by atoms with Crippen LogP contribution in [0.15, 0.2) is 41.8 Å². The Bertz CT molecular complexity index is 673. The Labute approximate surface area is 118 Å². The summed E-state index contributed by atoms with van der Waals surface area (Å²) in [5, 5.41) is 11.1. The highest BCUT2D eigenvalue weighted by atomic mass is 32.1. The fraction of sp³-hybridized carbons (Fsp3) is 0.0714. The van der Waals surface area contributed by atoms with Gasteiger partial charge in [-0.05, 0) is 23.6 Å². The van der Waals surface area contributed by atoms with Crippen molar-refractivity contribution in [3.05, 3.63) is 57.8 Å². The van der Waals surface area contributed by atoms with Gasteiger partial charge in [0.2, 0.25) is 0 Å². The van der Waals surface area contributed by atoms with Gasteiger partial charge in [-0.1, -0.05) is 18.2 Å². The minimum Gasteiger partial charge on any atom is -0.479 e. The summed E-state index contributed by atoms with van der Waals surface area (Å²) in [6.45, 7) is 0. The van der Waals surface area contributed by atoms with Gasteiger partial charge in [0.1, 0.15) is 0 Å². The number of hydrogen-bond donors (Lipinski definition) is 1. The average Bonchev–Trinajstić information content (AvgIpc) is 3.03. The van der Waals surface area contributed by atoms with Gasteiger partial charge in [-0.3, -0.25) is 14.5 Å². The summed E-state index contributed by atoms with van der Waals surface area (Å²) in [4.78, 5) is 37.3. The topological polar surface area (TPSA) is 74.7 Å². The second-order valence-corrected chi connectivity index (χ2v) is 5.26. The Hall–Kier alpha value is -2.47. The van der Waals surface area contributed by atoms with Crippen LogP contribution in [0.5, 0.6) is 0 Å². The molecule has 0 saturated carbocycles. The second kappa shape index (κ2) is 4.57.